The van der Waals surface area contributed by atoms with Crippen LogP contribution in [0, 0.1) is 18.7 Å². The molecule has 0 spiro atoms. The van der Waals surface area contributed by atoms with Crippen molar-refractivity contribution in [3.63, 3.8) is 0 Å². The van der Waals surface area contributed by atoms with Gasteiger partial charge in [-0.25, -0.2) is 9.37 Å². The number of rotatable bonds is 4. The highest BCUT2D eigenvalue weighted by Crippen LogP contribution is 2.34. The number of amides is 1. The third-order valence-electron chi connectivity index (χ3n) is 6.24. The van der Waals surface area contributed by atoms with E-state index in [0.717, 1.165) is 47.0 Å². The molecule has 1 saturated carbocycles. The summed E-state index contributed by atoms with van der Waals surface area (Å²) in [6, 6.07) is 5.39. The molecule has 0 unspecified atom stereocenters. The average Bonchev–Trinajstić information content (AvgIpc) is 3.06. The molecule has 3 aromatic rings. The van der Waals surface area contributed by atoms with Gasteiger partial charge in [0, 0.05) is 36.3 Å². The van der Waals surface area contributed by atoms with Crippen molar-refractivity contribution >= 4 is 59.8 Å². The molecule has 2 aromatic heterocycles. The minimum Gasteiger partial charge on any atom is -0.328 e. The number of halogens is 4. The van der Waals surface area contributed by atoms with E-state index in [4.69, 9.17) is 5.73 Å². The SMILES string of the molecule is Cc1cnc(NC(=O)[C@H]2CCC[C@@H](N)C2)cc1-c1cc(F)c2nn(C)c(C(C)C)c2c1.Cl.Cl.Cl. The molecule has 188 valence electrons. The summed E-state index contributed by atoms with van der Waals surface area (Å²) < 4.78 is 16.7. The van der Waals surface area contributed by atoms with Gasteiger partial charge in [0.2, 0.25) is 5.91 Å². The van der Waals surface area contributed by atoms with Crippen LogP contribution in [-0.4, -0.2) is 26.7 Å². The van der Waals surface area contributed by atoms with Gasteiger partial charge < -0.3 is 11.1 Å². The first-order valence-corrected chi connectivity index (χ1v) is 10.9. The number of aromatic nitrogens is 3. The van der Waals surface area contributed by atoms with Crippen LogP contribution in [0.15, 0.2) is 24.4 Å². The summed E-state index contributed by atoms with van der Waals surface area (Å²) in [6.45, 7) is 6.08. The lowest BCUT2D eigenvalue weighted by molar-refractivity contribution is -0.120. The smallest absolute Gasteiger partial charge is 0.228 e. The average molecular weight is 533 g/mol. The monoisotopic (exact) mass is 531 g/mol. The minimum atomic E-state index is -0.354. The second kappa shape index (κ2) is 12.2. The standard InChI is InChI=1S/C24H30FN5O.3ClH/c1-13(2)23-19-9-16(10-20(25)22(19)29-30(23)4)18-11-21(27-12-14(18)3)28-24(31)15-6-5-7-17(26)8-15;;;/h9-13,15,17H,5-8,26H2,1-4H3,(H,27,28,31);3*1H/t15-,17+;;;/m0.../s1. The van der Waals surface area contributed by atoms with Gasteiger partial charge in [0.05, 0.1) is 0 Å². The van der Waals surface area contributed by atoms with Crippen molar-refractivity contribution in [2.75, 3.05) is 5.32 Å². The van der Waals surface area contributed by atoms with Gasteiger partial charge in [-0.15, -0.1) is 37.2 Å². The Bertz CT molecular complexity index is 1150. The van der Waals surface area contributed by atoms with Crippen LogP contribution >= 0.6 is 37.2 Å². The largest absolute Gasteiger partial charge is 0.328 e. The maximum Gasteiger partial charge on any atom is 0.228 e. The van der Waals surface area contributed by atoms with Gasteiger partial charge in [-0.3, -0.25) is 9.48 Å². The molecule has 1 aliphatic carbocycles. The van der Waals surface area contributed by atoms with Crippen molar-refractivity contribution in [1.29, 1.82) is 0 Å². The van der Waals surface area contributed by atoms with Crippen LogP contribution in [0.4, 0.5) is 10.2 Å². The number of nitrogens with one attached hydrogen (secondary N) is 1. The fourth-order valence-corrected chi connectivity index (χ4v) is 4.71. The third kappa shape index (κ3) is 6.00. The lowest BCUT2D eigenvalue weighted by atomic mass is 9.85. The molecule has 0 radical (unpaired) electrons. The number of benzene rings is 1. The maximum absolute atomic E-state index is 14.9. The summed E-state index contributed by atoms with van der Waals surface area (Å²) in [5.41, 5.74) is 9.89. The molecule has 1 aliphatic rings. The normalized spacial score (nSPS) is 17.5. The lowest BCUT2D eigenvalue weighted by Gasteiger charge is -2.25. The summed E-state index contributed by atoms with van der Waals surface area (Å²) in [5, 5.41) is 8.12. The maximum atomic E-state index is 14.9. The highest BCUT2D eigenvalue weighted by molar-refractivity contribution is 5.93. The molecule has 3 N–H and O–H groups in total. The highest BCUT2D eigenvalue weighted by atomic mass is 35.5. The molecule has 0 saturated heterocycles. The Morgan fingerprint density at radius 3 is 2.56 bits per heavy atom. The quantitative estimate of drug-likeness (QED) is 0.436. The number of fused-ring (bicyclic) bond motifs is 1. The summed E-state index contributed by atoms with van der Waals surface area (Å²) in [4.78, 5) is 17.1. The van der Waals surface area contributed by atoms with Gasteiger partial charge in [0.1, 0.15) is 11.3 Å². The van der Waals surface area contributed by atoms with E-state index in [1.165, 1.54) is 6.07 Å². The Balaban J connectivity index is 0.00000193. The van der Waals surface area contributed by atoms with E-state index in [1.807, 2.05) is 26.1 Å². The van der Waals surface area contributed by atoms with Gasteiger partial charge in [0.25, 0.3) is 0 Å². The van der Waals surface area contributed by atoms with Gasteiger partial charge in [-0.1, -0.05) is 20.3 Å². The fraction of sp³-hybridized carbons (Fsp3) is 0.458. The van der Waals surface area contributed by atoms with Crippen molar-refractivity contribution in [3.8, 4) is 11.1 Å². The molecule has 2 atom stereocenters. The van der Waals surface area contributed by atoms with E-state index in [0.29, 0.717) is 17.8 Å². The van der Waals surface area contributed by atoms with E-state index in [-0.39, 0.29) is 66.8 Å². The minimum absolute atomic E-state index is 0. The first kappa shape index (κ1) is 30.1. The van der Waals surface area contributed by atoms with Gasteiger partial charge >= 0.3 is 0 Å². The predicted octanol–water partition coefficient (Wildman–Crippen LogP) is 5.93. The molecule has 1 fully saturated rings. The number of nitrogens with zero attached hydrogens (tertiary/aromatic N) is 3. The molecule has 6 nitrogen and oxygen atoms in total. The molecule has 0 bridgehead atoms. The Morgan fingerprint density at radius 2 is 1.91 bits per heavy atom. The highest BCUT2D eigenvalue weighted by Gasteiger charge is 2.26. The molecule has 1 amide bonds. The topological polar surface area (TPSA) is 85.8 Å². The predicted molar refractivity (Wildman–Crippen MR) is 143 cm³/mol. The number of hydrogen-bond acceptors (Lipinski definition) is 4. The Kier molecular flexibility index (Phi) is 10.8. The van der Waals surface area contributed by atoms with E-state index in [9.17, 15) is 9.18 Å². The number of aryl methyl sites for hydroxylation is 2. The molecular formula is C24H33Cl3FN5O. The first-order valence-electron chi connectivity index (χ1n) is 10.9. The number of nitrogens with two attached hydrogens (primary N) is 1. The van der Waals surface area contributed by atoms with Crippen LogP contribution < -0.4 is 11.1 Å². The number of pyridine rings is 1. The zero-order valence-electron chi connectivity index (χ0n) is 19.8. The van der Waals surface area contributed by atoms with E-state index in [2.05, 4.69) is 29.2 Å². The third-order valence-corrected chi connectivity index (χ3v) is 6.24. The van der Waals surface area contributed by atoms with Crippen molar-refractivity contribution < 1.29 is 9.18 Å². The van der Waals surface area contributed by atoms with E-state index in [1.54, 1.807) is 10.9 Å². The van der Waals surface area contributed by atoms with Crippen LogP contribution in [0.5, 0.6) is 0 Å². The second-order valence-corrected chi connectivity index (χ2v) is 9.02. The summed E-state index contributed by atoms with van der Waals surface area (Å²) in [6.07, 6.45) is 5.20. The zero-order chi connectivity index (χ0) is 22.3. The summed E-state index contributed by atoms with van der Waals surface area (Å²) in [7, 11) is 1.84. The van der Waals surface area contributed by atoms with Crippen LogP contribution in [0.2, 0.25) is 0 Å². The number of anilines is 1. The molecule has 4 rings (SSSR count). The molecule has 2 heterocycles. The molecule has 0 aliphatic heterocycles. The van der Waals surface area contributed by atoms with Crippen molar-refractivity contribution in [3.05, 3.63) is 41.5 Å². The zero-order valence-corrected chi connectivity index (χ0v) is 22.2. The van der Waals surface area contributed by atoms with Crippen LogP contribution in [0.25, 0.3) is 22.0 Å². The van der Waals surface area contributed by atoms with Crippen LogP contribution in [-0.2, 0) is 11.8 Å². The Morgan fingerprint density at radius 1 is 1.21 bits per heavy atom. The second-order valence-electron chi connectivity index (χ2n) is 9.02. The summed E-state index contributed by atoms with van der Waals surface area (Å²) in [5.74, 6) is 0.190. The van der Waals surface area contributed by atoms with Crippen LogP contribution in [0.1, 0.15) is 56.7 Å². The lowest BCUT2D eigenvalue weighted by Crippen LogP contribution is -2.34. The summed E-state index contributed by atoms with van der Waals surface area (Å²) >= 11 is 0. The van der Waals surface area contributed by atoms with Gasteiger partial charge in [-0.05, 0) is 67.0 Å². The fourth-order valence-electron chi connectivity index (χ4n) is 4.71. The number of carbonyl (C=O) groups excluding carboxylic acids is 1. The van der Waals surface area contributed by atoms with Crippen molar-refractivity contribution in [1.82, 2.24) is 14.8 Å². The Labute approximate surface area is 218 Å². The van der Waals surface area contributed by atoms with Gasteiger partial charge in [0.15, 0.2) is 5.82 Å². The number of carbonyl (C=O) groups is 1. The van der Waals surface area contributed by atoms with Crippen molar-refractivity contribution in [2.45, 2.75) is 58.4 Å². The Hall–Kier alpha value is -1.93. The van der Waals surface area contributed by atoms with Crippen LogP contribution in [0.3, 0.4) is 0 Å². The van der Waals surface area contributed by atoms with E-state index >= 15 is 0 Å². The molecule has 34 heavy (non-hydrogen) atoms. The molecule has 1 aromatic carbocycles. The van der Waals surface area contributed by atoms with Gasteiger partial charge in [-0.2, -0.15) is 5.10 Å². The molecular weight excluding hydrogens is 500 g/mol. The number of hydrogen-bond donors (Lipinski definition) is 2. The first-order chi connectivity index (χ1) is 14.7. The van der Waals surface area contributed by atoms with E-state index < -0.39 is 0 Å². The molecule has 10 heteroatoms. The van der Waals surface area contributed by atoms with Crippen molar-refractivity contribution in [2.24, 2.45) is 18.7 Å².